The number of hydrogen-bond donors (Lipinski definition) is 3. The second-order valence-electron chi connectivity index (χ2n) is 5.95. The molecule has 0 aliphatic rings. The zero-order valence-corrected chi connectivity index (χ0v) is 15.7. The minimum atomic E-state index is -3.88. The van der Waals surface area contributed by atoms with Gasteiger partial charge in [0, 0.05) is 19.5 Å². The van der Waals surface area contributed by atoms with Crippen LogP contribution in [0.25, 0.3) is 0 Å². The third-order valence-electron chi connectivity index (χ3n) is 3.37. The Morgan fingerprint density at radius 2 is 1.75 bits per heavy atom. The van der Waals surface area contributed by atoms with Crippen molar-refractivity contribution in [3.05, 3.63) is 0 Å². The Morgan fingerprint density at radius 1 is 1.25 bits per heavy atom. The van der Waals surface area contributed by atoms with Crippen molar-refractivity contribution < 1.29 is 32.0 Å². The summed E-state index contributed by atoms with van der Waals surface area (Å²) in [6, 6.07) is 0. The van der Waals surface area contributed by atoms with Crippen LogP contribution in [0, 0.1) is 5.41 Å². The maximum atomic E-state index is 12.3. The highest BCUT2D eigenvalue weighted by Gasteiger charge is 2.58. The van der Waals surface area contributed by atoms with Crippen LogP contribution >= 0.6 is 0 Å². The number of nitrogens with zero attached hydrogens (tertiary/aromatic N) is 1. The Hall–Kier alpha value is -1.27. The molecule has 0 bridgehead atoms. The predicted molar refractivity (Wildman–Crippen MR) is 87.9 cm³/mol. The molecule has 6 N–H and O–H groups in total. The van der Waals surface area contributed by atoms with Gasteiger partial charge in [-0.2, -0.15) is 8.42 Å². The maximum Gasteiger partial charge on any atom is 0.348 e. The van der Waals surface area contributed by atoms with Crippen molar-refractivity contribution in [1.29, 1.82) is 0 Å². The molecule has 0 spiro atoms. The Balaban J connectivity index is 0. The molecule has 0 rings (SSSR count). The van der Waals surface area contributed by atoms with E-state index in [0.717, 1.165) is 12.0 Å². The van der Waals surface area contributed by atoms with Gasteiger partial charge in [0.25, 0.3) is 16.0 Å². The summed E-state index contributed by atoms with van der Waals surface area (Å²) >= 11 is 0. The van der Waals surface area contributed by atoms with E-state index in [4.69, 9.17) is 9.92 Å². The number of hydrogen-bond acceptors (Lipinski definition) is 9. The number of carbonyl (C=O) groups is 2. The van der Waals surface area contributed by atoms with Gasteiger partial charge in [-0.05, 0) is 13.0 Å². The third-order valence-corrected chi connectivity index (χ3v) is 4.64. The van der Waals surface area contributed by atoms with Crippen LogP contribution < -0.4 is 11.9 Å². The highest BCUT2D eigenvalue weighted by atomic mass is 32.2. The number of nitrogens with two attached hydrogens (primary N) is 1. The van der Waals surface area contributed by atoms with Crippen LogP contribution in [-0.4, -0.2) is 76.0 Å². The van der Waals surface area contributed by atoms with Crippen molar-refractivity contribution in [1.82, 2.24) is 11.1 Å². The third kappa shape index (κ3) is 5.67. The van der Waals surface area contributed by atoms with Crippen LogP contribution in [0.1, 0.15) is 20.3 Å². The predicted octanol–water partition coefficient (Wildman–Crippen LogP) is -1.14. The molecule has 24 heavy (non-hydrogen) atoms. The molecule has 0 fully saturated rings. The van der Waals surface area contributed by atoms with Crippen LogP contribution in [0.4, 0.5) is 0 Å². The lowest BCUT2D eigenvalue weighted by molar-refractivity contribution is -0.189. The van der Waals surface area contributed by atoms with E-state index < -0.39 is 39.6 Å². The smallest absolute Gasteiger partial charge is 0.348 e. The average Bonchev–Trinajstić information content (AvgIpc) is 2.48. The molecular weight excluding hydrogens is 342 g/mol. The number of esters is 1. The van der Waals surface area contributed by atoms with Crippen LogP contribution in [-0.2, 0) is 28.6 Å². The zero-order valence-electron chi connectivity index (χ0n) is 14.9. The molecule has 0 saturated carbocycles. The molecule has 144 valence electrons. The fourth-order valence-corrected chi connectivity index (χ4v) is 2.90. The molecule has 0 aromatic rings. The minimum Gasteiger partial charge on any atom is -0.466 e. The van der Waals surface area contributed by atoms with Gasteiger partial charge in [-0.25, -0.2) is 4.79 Å². The summed E-state index contributed by atoms with van der Waals surface area (Å²) in [6.45, 7) is 2.27. The standard InChI is InChI=1S/C13H26N2O7S.H3N/c1-12(2,9-22-23(19,20)8-6-7-14)13(18,11(17)21-5)10(16)15(3)4;/h18H,6-9,14H2,1-5H3;1H3/t13-;/m0./s1. The molecule has 11 heteroatoms. The number of aliphatic hydroxyl groups is 1. The summed E-state index contributed by atoms with van der Waals surface area (Å²) in [6.07, 6.45) is 0.209. The highest BCUT2D eigenvalue weighted by molar-refractivity contribution is 7.86. The molecule has 0 aromatic heterocycles. The van der Waals surface area contributed by atoms with Crippen molar-refractivity contribution in [2.24, 2.45) is 11.1 Å². The minimum absolute atomic E-state index is 0. The summed E-state index contributed by atoms with van der Waals surface area (Å²) in [5.74, 6) is -2.42. The second-order valence-corrected chi connectivity index (χ2v) is 7.71. The van der Waals surface area contributed by atoms with E-state index >= 15 is 0 Å². The number of likely N-dealkylation sites (N-methyl/N-ethyl adjacent to an activating group) is 1. The van der Waals surface area contributed by atoms with Gasteiger partial charge in [0.1, 0.15) is 0 Å². The first-order valence-electron chi connectivity index (χ1n) is 6.95. The monoisotopic (exact) mass is 371 g/mol. The molecule has 0 radical (unpaired) electrons. The lowest BCUT2D eigenvalue weighted by Gasteiger charge is -2.39. The van der Waals surface area contributed by atoms with Gasteiger partial charge in [0.15, 0.2) is 0 Å². The summed E-state index contributed by atoms with van der Waals surface area (Å²) < 4.78 is 32.8. The molecule has 0 aromatic carbocycles. The Labute approximate surface area is 143 Å². The van der Waals surface area contributed by atoms with Gasteiger partial charge >= 0.3 is 5.97 Å². The molecule has 0 aliphatic heterocycles. The molecule has 1 amide bonds. The van der Waals surface area contributed by atoms with Gasteiger partial charge in [0.2, 0.25) is 5.60 Å². The van der Waals surface area contributed by atoms with Gasteiger partial charge in [-0.3, -0.25) is 8.98 Å². The molecule has 0 unspecified atom stereocenters. The van der Waals surface area contributed by atoms with Gasteiger partial charge in [-0.1, -0.05) is 13.8 Å². The quantitative estimate of drug-likeness (QED) is 0.257. The highest BCUT2D eigenvalue weighted by Crippen LogP contribution is 2.34. The van der Waals surface area contributed by atoms with Crippen LogP contribution in [0.2, 0.25) is 0 Å². The van der Waals surface area contributed by atoms with Crippen LogP contribution in [0.3, 0.4) is 0 Å². The lowest BCUT2D eigenvalue weighted by Crippen LogP contribution is -2.63. The topological polar surface area (TPSA) is 171 Å². The lowest BCUT2D eigenvalue weighted by atomic mass is 9.74. The van der Waals surface area contributed by atoms with Crippen molar-refractivity contribution in [2.45, 2.75) is 25.9 Å². The fourth-order valence-electron chi connectivity index (χ4n) is 1.78. The SMILES string of the molecule is COC(=O)[C@@](O)(C(=O)N(C)C)C(C)(C)COS(=O)(=O)CCCN.N. The second kappa shape index (κ2) is 9.28. The van der Waals surface area contributed by atoms with E-state index in [-0.39, 0.29) is 24.9 Å². The first-order valence-corrected chi connectivity index (χ1v) is 8.53. The number of methoxy groups -OCH3 is 1. The molecule has 10 nitrogen and oxygen atoms in total. The average molecular weight is 371 g/mol. The van der Waals surface area contributed by atoms with Crippen molar-refractivity contribution in [3.63, 3.8) is 0 Å². The van der Waals surface area contributed by atoms with Crippen molar-refractivity contribution in [3.8, 4) is 0 Å². The number of ether oxygens (including phenoxy) is 1. The van der Waals surface area contributed by atoms with E-state index in [1.54, 1.807) is 0 Å². The van der Waals surface area contributed by atoms with E-state index in [0.29, 0.717) is 0 Å². The van der Waals surface area contributed by atoms with Gasteiger partial charge in [0.05, 0.1) is 19.5 Å². The molecular formula is C13H29N3O7S. The van der Waals surface area contributed by atoms with E-state index in [1.165, 1.54) is 27.9 Å². The zero-order chi connectivity index (χ0) is 18.5. The molecule has 0 aliphatic carbocycles. The molecule has 0 heterocycles. The largest absolute Gasteiger partial charge is 0.466 e. The van der Waals surface area contributed by atoms with E-state index in [1.807, 2.05) is 0 Å². The summed E-state index contributed by atoms with van der Waals surface area (Å²) in [5.41, 5.74) is 1.10. The van der Waals surface area contributed by atoms with Gasteiger partial charge < -0.3 is 26.6 Å². The number of rotatable bonds is 9. The van der Waals surface area contributed by atoms with Crippen LogP contribution in [0.5, 0.6) is 0 Å². The number of carbonyl (C=O) groups excluding carboxylic acids is 2. The first-order chi connectivity index (χ1) is 10.4. The number of amides is 1. The Kier molecular flexibility index (Phi) is 9.65. The maximum absolute atomic E-state index is 12.3. The summed E-state index contributed by atoms with van der Waals surface area (Å²) in [7, 11) is -0.160. The molecule has 0 saturated heterocycles. The van der Waals surface area contributed by atoms with Gasteiger partial charge in [-0.15, -0.1) is 0 Å². The first kappa shape index (κ1) is 25.0. The summed E-state index contributed by atoms with van der Waals surface area (Å²) in [4.78, 5) is 25.3. The van der Waals surface area contributed by atoms with E-state index in [9.17, 15) is 23.1 Å². The van der Waals surface area contributed by atoms with E-state index in [2.05, 4.69) is 4.74 Å². The Morgan fingerprint density at radius 3 is 2.12 bits per heavy atom. The fraction of sp³-hybridized carbons (Fsp3) is 0.846. The van der Waals surface area contributed by atoms with Crippen molar-refractivity contribution in [2.75, 3.05) is 40.1 Å². The van der Waals surface area contributed by atoms with Crippen LogP contribution in [0.15, 0.2) is 0 Å². The van der Waals surface area contributed by atoms with Crippen molar-refractivity contribution >= 4 is 22.0 Å². The molecule has 1 atom stereocenters. The summed E-state index contributed by atoms with van der Waals surface area (Å²) in [5, 5.41) is 10.7. The Bertz CT molecular complexity index is 534. The normalized spacial score (nSPS) is 14.3.